The number of nitro benzene ring substituents is 1. The highest BCUT2D eigenvalue weighted by Crippen LogP contribution is 2.28. The Balaban J connectivity index is 3.21. The molecule has 3 N–H and O–H groups in total. The second kappa shape index (κ2) is 6.67. The minimum atomic E-state index is -1.11. The molecule has 0 aliphatic heterocycles. The summed E-state index contributed by atoms with van der Waals surface area (Å²) in [5.41, 5.74) is 4.25. The number of hydrogen-bond donors (Lipinski definition) is 2. The summed E-state index contributed by atoms with van der Waals surface area (Å²) >= 11 is 0. The lowest BCUT2D eigenvalue weighted by Crippen LogP contribution is -2.35. The van der Waals surface area contributed by atoms with E-state index < -0.39 is 22.4 Å². The second-order valence-corrected chi connectivity index (χ2v) is 3.68. The van der Waals surface area contributed by atoms with Gasteiger partial charge in [0.2, 0.25) is 0 Å². The molecule has 0 saturated heterocycles. The van der Waals surface area contributed by atoms with Crippen molar-refractivity contribution < 1.29 is 19.2 Å². The fourth-order valence-electron chi connectivity index (χ4n) is 1.43. The van der Waals surface area contributed by atoms with E-state index in [2.05, 4.69) is 0 Å². The number of nitro groups is 1. The number of nitrogens with one attached hydrogen (secondary N) is 1. The lowest BCUT2D eigenvalue weighted by Gasteiger charge is -2.03. The van der Waals surface area contributed by atoms with Crippen molar-refractivity contribution in [2.75, 3.05) is 7.11 Å². The molecule has 0 aliphatic carbocycles. The molecule has 21 heavy (non-hydrogen) atoms. The highest BCUT2D eigenvalue weighted by atomic mass is 16.6. The maximum absolute atomic E-state index is 11.5. The number of rotatable bonds is 4. The van der Waals surface area contributed by atoms with Gasteiger partial charge in [0.1, 0.15) is 11.6 Å². The number of primary amides is 1. The molecule has 108 valence electrons. The third-order valence-electron chi connectivity index (χ3n) is 2.31. The molecule has 0 aliphatic rings. The smallest absolute Gasteiger partial charge is 0.319 e. The molecule has 1 aromatic carbocycles. The molecule has 0 spiro atoms. The van der Waals surface area contributed by atoms with Crippen molar-refractivity contribution in [3.8, 4) is 11.8 Å². The van der Waals surface area contributed by atoms with Crippen LogP contribution in [0.1, 0.15) is 5.56 Å². The summed E-state index contributed by atoms with van der Waals surface area (Å²) in [6.45, 7) is 0. The van der Waals surface area contributed by atoms with E-state index in [4.69, 9.17) is 15.7 Å². The van der Waals surface area contributed by atoms with Gasteiger partial charge in [-0.2, -0.15) is 5.26 Å². The number of nitrogens with two attached hydrogens (primary N) is 1. The first-order chi connectivity index (χ1) is 9.88. The van der Waals surface area contributed by atoms with Crippen molar-refractivity contribution in [1.82, 2.24) is 5.32 Å². The molecule has 0 unspecified atom stereocenters. The Bertz CT molecular complexity index is 675. The highest BCUT2D eigenvalue weighted by molar-refractivity contribution is 6.08. The summed E-state index contributed by atoms with van der Waals surface area (Å²) < 4.78 is 4.83. The molecule has 0 heterocycles. The lowest BCUT2D eigenvalue weighted by molar-refractivity contribution is -0.385. The Morgan fingerprint density at radius 2 is 2.19 bits per heavy atom. The van der Waals surface area contributed by atoms with Crippen LogP contribution >= 0.6 is 0 Å². The fourth-order valence-corrected chi connectivity index (χ4v) is 1.43. The van der Waals surface area contributed by atoms with Crippen LogP contribution in [0.15, 0.2) is 23.8 Å². The minimum absolute atomic E-state index is 0.0391. The van der Waals surface area contributed by atoms with Crippen LogP contribution in [0.3, 0.4) is 0 Å². The molecule has 0 aromatic heterocycles. The Morgan fingerprint density at radius 3 is 2.67 bits per heavy atom. The standard InChI is InChI=1S/C12H10N4O5/c1-21-10-3-2-7(5-9(10)16(19)20)4-8(6-13)11(17)15-12(14)18/h2-5H,1H3,(H3,14,15,17,18)/b8-4-. The molecule has 0 radical (unpaired) electrons. The fraction of sp³-hybridized carbons (Fsp3) is 0.0833. The van der Waals surface area contributed by atoms with Gasteiger partial charge in [-0.25, -0.2) is 4.79 Å². The summed E-state index contributed by atoms with van der Waals surface area (Å²) in [5, 5.41) is 21.5. The summed E-state index contributed by atoms with van der Waals surface area (Å²) in [5.74, 6) is -0.958. The number of benzene rings is 1. The van der Waals surface area contributed by atoms with Crippen LogP contribution in [0.25, 0.3) is 6.08 Å². The molecule has 0 bridgehead atoms. The zero-order chi connectivity index (χ0) is 16.0. The third-order valence-corrected chi connectivity index (χ3v) is 2.31. The van der Waals surface area contributed by atoms with Gasteiger partial charge in [-0.1, -0.05) is 6.07 Å². The summed E-state index contributed by atoms with van der Waals surface area (Å²) in [6, 6.07) is 4.34. The topological polar surface area (TPSA) is 148 Å². The second-order valence-electron chi connectivity index (χ2n) is 3.68. The van der Waals surface area contributed by atoms with Gasteiger partial charge in [-0.05, 0) is 17.7 Å². The first-order valence-corrected chi connectivity index (χ1v) is 5.44. The van der Waals surface area contributed by atoms with E-state index >= 15 is 0 Å². The van der Waals surface area contributed by atoms with E-state index in [9.17, 15) is 19.7 Å². The molecule has 1 rings (SSSR count). The number of carbonyl (C=O) groups excluding carboxylic acids is 2. The zero-order valence-electron chi connectivity index (χ0n) is 10.8. The monoisotopic (exact) mass is 290 g/mol. The van der Waals surface area contributed by atoms with Crippen LogP contribution in [0.5, 0.6) is 5.75 Å². The van der Waals surface area contributed by atoms with Gasteiger partial charge < -0.3 is 10.5 Å². The SMILES string of the molecule is COc1ccc(/C=C(/C#N)C(=O)NC(N)=O)cc1[N+](=O)[O-]. The number of hydrogen-bond acceptors (Lipinski definition) is 6. The number of methoxy groups -OCH3 is 1. The molecule has 0 saturated carbocycles. The summed E-state index contributed by atoms with van der Waals surface area (Å²) in [7, 11) is 1.28. The van der Waals surface area contributed by atoms with Gasteiger partial charge in [0.05, 0.1) is 12.0 Å². The minimum Gasteiger partial charge on any atom is -0.490 e. The Kier molecular flexibility index (Phi) is 4.97. The number of ether oxygens (including phenoxy) is 1. The largest absolute Gasteiger partial charge is 0.490 e. The van der Waals surface area contributed by atoms with Crippen molar-refractivity contribution >= 4 is 23.7 Å². The Labute approximate surface area is 118 Å². The van der Waals surface area contributed by atoms with Crippen molar-refractivity contribution in [3.63, 3.8) is 0 Å². The van der Waals surface area contributed by atoms with Gasteiger partial charge in [0.25, 0.3) is 5.91 Å². The van der Waals surface area contributed by atoms with E-state index in [-0.39, 0.29) is 17.0 Å². The van der Waals surface area contributed by atoms with Crippen molar-refractivity contribution in [1.29, 1.82) is 5.26 Å². The molecular formula is C12H10N4O5. The van der Waals surface area contributed by atoms with Gasteiger partial charge in [0.15, 0.2) is 5.75 Å². The molecule has 9 nitrogen and oxygen atoms in total. The number of imide groups is 1. The molecule has 0 atom stereocenters. The third kappa shape index (κ3) is 4.03. The maximum atomic E-state index is 11.5. The summed E-state index contributed by atoms with van der Waals surface area (Å²) in [4.78, 5) is 32.2. The first kappa shape index (κ1) is 15.6. The quantitative estimate of drug-likeness (QED) is 0.361. The highest BCUT2D eigenvalue weighted by Gasteiger charge is 2.16. The van der Waals surface area contributed by atoms with Crippen LogP contribution in [0, 0.1) is 21.4 Å². The van der Waals surface area contributed by atoms with E-state index in [1.165, 1.54) is 19.2 Å². The normalized spacial score (nSPS) is 10.4. The summed E-state index contributed by atoms with van der Waals surface area (Å²) in [6.07, 6.45) is 1.09. The van der Waals surface area contributed by atoms with Crippen molar-refractivity contribution in [3.05, 3.63) is 39.4 Å². The average Bonchev–Trinajstić information content (AvgIpc) is 2.43. The van der Waals surface area contributed by atoms with E-state index in [0.29, 0.717) is 0 Å². The van der Waals surface area contributed by atoms with E-state index in [0.717, 1.165) is 12.1 Å². The van der Waals surface area contributed by atoms with Crippen LogP contribution in [-0.2, 0) is 4.79 Å². The van der Waals surface area contributed by atoms with Crippen molar-refractivity contribution in [2.24, 2.45) is 5.73 Å². The molecule has 1 aromatic rings. The molecule has 9 heteroatoms. The number of nitriles is 1. The predicted molar refractivity (Wildman–Crippen MR) is 71.0 cm³/mol. The zero-order valence-corrected chi connectivity index (χ0v) is 10.8. The maximum Gasteiger partial charge on any atom is 0.319 e. The van der Waals surface area contributed by atoms with E-state index in [1.54, 1.807) is 11.4 Å². The average molecular weight is 290 g/mol. The van der Waals surface area contributed by atoms with Crippen LogP contribution < -0.4 is 15.8 Å². The number of nitrogens with zero attached hydrogens (tertiary/aromatic N) is 2. The first-order valence-electron chi connectivity index (χ1n) is 5.44. The predicted octanol–water partition coefficient (Wildman–Crippen LogP) is 0.705. The van der Waals surface area contributed by atoms with E-state index in [1.807, 2.05) is 0 Å². The van der Waals surface area contributed by atoms with Crippen molar-refractivity contribution in [2.45, 2.75) is 0 Å². The van der Waals surface area contributed by atoms with Gasteiger partial charge in [0, 0.05) is 6.07 Å². The Morgan fingerprint density at radius 1 is 1.52 bits per heavy atom. The van der Waals surface area contributed by atoms with Gasteiger partial charge in [-0.3, -0.25) is 20.2 Å². The molecular weight excluding hydrogens is 280 g/mol. The van der Waals surface area contributed by atoms with Gasteiger partial charge >= 0.3 is 11.7 Å². The van der Waals surface area contributed by atoms with Gasteiger partial charge in [-0.15, -0.1) is 0 Å². The number of amides is 3. The van der Waals surface area contributed by atoms with Crippen LogP contribution in [-0.4, -0.2) is 24.0 Å². The number of urea groups is 1. The van der Waals surface area contributed by atoms with Crippen LogP contribution in [0.2, 0.25) is 0 Å². The van der Waals surface area contributed by atoms with Crippen LogP contribution in [0.4, 0.5) is 10.5 Å². The molecule has 0 fully saturated rings. The Hall–Kier alpha value is -3.41. The lowest BCUT2D eigenvalue weighted by atomic mass is 10.1. The number of carbonyl (C=O) groups is 2. The molecule has 3 amide bonds.